The monoisotopic (exact) mass is 273 g/mol. The Balaban J connectivity index is 2.62. The average molecular weight is 273 g/mol. The highest BCUT2D eigenvalue weighted by Gasteiger charge is 2.50. The van der Waals surface area contributed by atoms with Crippen molar-refractivity contribution in [3.05, 3.63) is 0 Å². The molecule has 0 radical (unpaired) electrons. The Morgan fingerprint density at radius 2 is 2.00 bits per heavy atom. The van der Waals surface area contributed by atoms with E-state index >= 15 is 0 Å². The van der Waals surface area contributed by atoms with E-state index in [9.17, 15) is 9.90 Å². The fourth-order valence-corrected chi connectivity index (χ4v) is 1.94. The highest BCUT2D eigenvalue weighted by molar-refractivity contribution is 5.68. The van der Waals surface area contributed by atoms with Crippen molar-refractivity contribution >= 4 is 6.09 Å². The number of alkyl carbamates (subject to hydrolysis) is 1. The predicted octanol–water partition coefficient (Wildman–Crippen LogP) is 2.08. The van der Waals surface area contributed by atoms with Gasteiger partial charge >= 0.3 is 6.09 Å². The van der Waals surface area contributed by atoms with E-state index < -0.39 is 23.4 Å². The van der Waals surface area contributed by atoms with Crippen LogP contribution < -0.4 is 5.32 Å². The number of rotatable bonds is 5. The topological polar surface area (TPSA) is 71.1 Å². The maximum absolute atomic E-state index is 11.8. The fraction of sp³-hybridized carbons (Fsp3) is 0.929. The number of nitrogens with one attached hydrogen (secondary N) is 1. The molecular formula is C14H27NO4. The van der Waals surface area contributed by atoms with Gasteiger partial charge in [-0.05, 0) is 40.0 Å². The Morgan fingerprint density at radius 3 is 2.37 bits per heavy atom. The van der Waals surface area contributed by atoms with Gasteiger partial charge in [-0.1, -0.05) is 13.8 Å². The molecule has 0 saturated carbocycles. The van der Waals surface area contributed by atoms with E-state index in [4.69, 9.17) is 9.47 Å². The van der Waals surface area contributed by atoms with Crippen molar-refractivity contribution in [2.24, 2.45) is 5.92 Å². The number of hydrogen-bond acceptors (Lipinski definition) is 4. The van der Waals surface area contributed by atoms with Crippen LogP contribution in [0.15, 0.2) is 0 Å². The zero-order chi connectivity index (χ0) is 14.8. The van der Waals surface area contributed by atoms with Gasteiger partial charge in [-0.15, -0.1) is 0 Å². The minimum atomic E-state index is -0.720. The quantitative estimate of drug-likeness (QED) is 0.752. The third-order valence-corrected chi connectivity index (χ3v) is 3.03. The van der Waals surface area contributed by atoms with Crippen molar-refractivity contribution in [3.63, 3.8) is 0 Å². The van der Waals surface area contributed by atoms with Crippen LogP contribution >= 0.6 is 0 Å². The summed E-state index contributed by atoms with van der Waals surface area (Å²) in [6.07, 6.45) is -0.539. The molecule has 112 valence electrons. The van der Waals surface area contributed by atoms with Gasteiger partial charge in [-0.25, -0.2) is 4.79 Å². The zero-order valence-corrected chi connectivity index (χ0v) is 12.8. The van der Waals surface area contributed by atoms with E-state index in [0.29, 0.717) is 18.9 Å². The molecule has 0 aromatic carbocycles. The summed E-state index contributed by atoms with van der Waals surface area (Å²) in [5.41, 5.74) is -1.08. The number of carbonyl (C=O) groups is 1. The van der Waals surface area contributed by atoms with Gasteiger partial charge in [0.15, 0.2) is 0 Å². The predicted molar refractivity (Wildman–Crippen MR) is 73.0 cm³/mol. The number of hydrogen-bond donors (Lipinski definition) is 2. The molecular weight excluding hydrogens is 246 g/mol. The van der Waals surface area contributed by atoms with E-state index in [1.54, 1.807) is 0 Å². The van der Waals surface area contributed by atoms with Crippen LogP contribution in [0.1, 0.15) is 48.0 Å². The van der Waals surface area contributed by atoms with Gasteiger partial charge in [0.05, 0.1) is 12.6 Å². The lowest BCUT2D eigenvalue weighted by molar-refractivity contribution is 0.0228. The van der Waals surface area contributed by atoms with Gasteiger partial charge in [0.1, 0.15) is 17.3 Å². The second-order valence-electron chi connectivity index (χ2n) is 6.93. The molecule has 1 aliphatic rings. The van der Waals surface area contributed by atoms with Crippen molar-refractivity contribution in [3.8, 4) is 0 Å². The standard InChI is InChI=1S/C14H27NO4/c1-9(2)7-10(11(16)14(6)8-18-14)15-12(17)19-13(3,4)5/h9-11,16H,7-8H2,1-6H3,(H,15,17)/t10-,11-,14-/m0/s1. The van der Waals surface area contributed by atoms with Crippen LogP contribution in [0.4, 0.5) is 4.79 Å². The molecule has 0 aromatic heterocycles. The summed E-state index contributed by atoms with van der Waals surface area (Å²) in [7, 11) is 0. The van der Waals surface area contributed by atoms with Crippen molar-refractivity contribution in [2.75, 3.05) is 6.61 Å². The van der Waals surface area contributed by atoms with Gasteiger partial charge in [0, 0.05) is 0 Å². The van der Waals surface area contributed by atoms with Crippen molar-refractivity contribution in [1.29, 1.82) is 0 Å². The first-order valence-electron chi connectivity index (χ1n) is 6.85. The van der Waals surface area contributed by atoms with Crippen molar-refractivity contribution < 1.29 is 19.4 Å². The number of ether oxygens (including phenoxy) is 2. The lowest BCUT2D eigenvalue weighted by atomic mass is 9.92. The summed E-state index contributed by atoms with van der Waals surface area (Å²) in [5.74, 6) is 0.358. The van der Waals surface area contributed by atoms with Crippen LogP contribution in [-0.2, 0) is 9.47 Å². The number of amides is 1. The molecule has 2 N–H and O–H groups in total. The molecule has 19 heavy (non-hydrogen) atoms. The lowest BCUT2D eigenvalue weighted by Gasteiger charge is -2.29. The molecule has 1 fully saturated rings. The van der Waals surface area contributed by atoms with Gasteiger partial charge in [-0.2, -0.15) is 0 Å². The van der Waals surface area contributed by atoms with Gasteiger partial charge in [0.25, 0.3) is 0 Å². The highest BCUT2D eigenvalue weighted by atomic mass is 16.6. The third kappa shape index (κ3) is 5.37. The Labute approximate surface area is 115 Å². The molecule has 1 heterocycles. The second-order valence-corrected chi connectivity index (χ2v) is 6.93. The van der Waals surface area contributed by atoms with Crippen LogP contribution in [0.5, 0.6) is 0 Å². The van der Waals surface area contributed by atoms with Crippen LogP contribution in [0.25, 0.3) is 0 Å². The molecule has 1 rings (SSSR count). The molecule has 0 aromatic rings. The summed E-state index contributed by atoms with van der Waals surface area (Å²) in [5, 5.41) is 13.1. The maximum Gasteiger partial charge on any atom is 0.407 e. The molecule has 0 unspecified atom stereocenters. The normalized spacial score (nSPS) is 25.9. The first-order valence-corrected chi connectivity index (χ1v) is 6.85. The summed E-state index contributed by atoms with van der Waals surface area (Å²) in [6, 6.07) is -0.359. The van der Waals surface area contributed by atoms with E-state index in [1.807, 2.05) is 41.5 Å². The van der Waals surface area contributed by atoms with Crippen molar-refractivity contribution in [1.82, 2.24) is 5.32 Å². The molecule has 1 aliphatic heterocycles. The minimum Gasteiger partial charge on any atom is -0.444 e. The third-order valence-electron chi connectivity index (χ3n) is 3.03. The summed E-state index contributed by atoms with van der Waals surface area (Å²) in [4.78, 5) is 11.8. The molecule has 3 atom stereocenters. The van der Waals surface area contributed by atoms with Crippen molar-refractivity contribution in [2.45, 2.75) is 71.3 Å². The van der Waals surface area contributed by atoms with Gasteiger partial charge in [0.2, 0.25) is 0 Å². The fourth-order valence-electron chi connectivity index (χ4n) is 1.94. The van der Waals surface area contributed by atoms with E-state index in [0.717, 1.165) is 0 Å². The minimum absolute atomic E-state index is 0.358. The van der Waals surface area contributed by atoms with E-state index in [-0.39, 0.29) is 6.04 Å². The Morgan fingerprint density at radius 1 is 1.47 bits per heavy atom. The SMILES string of the molecule is CC(C)C[C@H](NC(=O)OC(C)(C)C)[C@H](O)[C@]1(C)CO1. The molecule has 5 heteroatoms. The van der Waals surface area contributed by atoms with Crippen LogP contribution in [0.3, 0.4) is 0 Å². The molecule has 1 saturated heterocycles. The second kappa shape index (κ2) is 5.67. The summed E-state index contributed by atoms with van der Waals surface area (Å²) in [6.45, 7) is 11.9. The molecule has 0 spiro atoms. The maximum atomic E-state index is 11.8. The Hall–Kier alpha value is -0.810. The van der Waals surface area contributed by atoms with E-state index in [2.05, 4.69) is 5.32 Å². The zero-order valence-electron chi connectivity index (χ0n) is 12.8. The largest absolute Gasteiger partial charge is 0.444 e. The molecule has 5 nitrogen and oxygen atoms in total. The summed E-state index contributed by atoms with van der Waals surface area (Å²) >= 11 is 0. The Kier molecular flexibility index (Phi) is 4.85. The highest BCUT2D eigenvalue weighted by Crippen LogP contribution is 2.33. The number of aliphatic hydroxyl groups excluding tert-OH is 1. The first-order chi connectivity index (χ1) is 8.53. The Bertz CT molecular complexity index is 318. The van der Waals surface area contributed by atoms with Gasteiger partial charge in [-0.3, -0.25) is 0 Å². The lowest BCUT2D eigenvalue weighted by Crippen LogP contribution is -2.51. The van der Waals surface area contributed by atoms with Gasteiger partial charge < -0.3 is 19.9 Å². The number of aliphatic hydroxyl groups is 1. The summed E-state index contributed by atoms with van der Waals surface area (Å²) < 4.78 is 10.5. The van der Waals surface area contributed by atoms with Crippen LogP contribution in [-0.4, -0.2) is 41.2 Å². The molecule has 1 amide bonds. The first kappa shape index (κ1) is 16.2. The average Bonchev–Trinajstić information content (AvgIpc) is 2.92. The number of epoxide rings is 1. The molecule has 0 aliphatic carbocycles. The van der Waals surface area contributed by atoms with E-state index in [1.165, 1.54) is 0 Å². The smallest absolute Gasteiger partial charge is 0.407 e. The number of carbonyl (C=O) groups excluding carboxylic acids is 1. The van der Waals surface area contributed by atoms with Crippen LogP contribution in [0.2, 0.25) is 0 Å². The van der Waals surface area contributed by atoms with Crippen LogP contribution in [0, 0.1) is 5.92 Å². The molecule has 0 bridgehead atoms.